The van der Waals surface area contributed by atoms with Crippen LogP contribution in [-0.2, 0) is 6.42 Å². The molecule has 0 saturated carbocycles. The van der Waals surface area contributed by atoms with Gasteiger partial charge in [0, 0.05) is 10.0 Å². The second kappa shape index (κ2) is 4.45. The summed E-state index contributed by atoms with van der Waals surface area (Å²) >= 11 is 12.0. The number of benzene rings is 2. The molecule has 0 fully saturated rings. The van der Waals surface area contributed by atoms with E-state index in [1.807, 2.05) is 12.1 Å². The maximum atomic E-state index is 13.6. The third kappa shape index (κ3) is 1.96. The lowest BCUT2D eigenvalue weighted by Crippen LogP contribution is -2.06. The van der Waals surface area contributed by atoms with E-state index in [-0.39, 0.29) is 11.9 Å². The number of para-hydroxylation sites is 1. The van der Waals surface area contributed by atoms with Crippen LogP contribution in [0.25, 0.3) is 0 Å². The summed E-state index contributed by atoms with van der Waals surface area (Å²) < 4.78 is 13.6. The summed E-state index contributed by atoms with van der Waals surface area (Å²) in [5.74, 6) is -0.222. The van der Waals surface area contributed by atoms with E-state index in [9.17, 15) is 4.39 Å². The Morgan fingerprint density at radius 3 is 2.72 bits per heavy atom. The van der Waals surface area contributed by atoms with Gasteiger partial charge in [-0.2, -0.15) is 0 Å². The summed E-state index contributed by atoms with van der Waals surface area (Å²) in [7, 11) is 0. The van der Waals surface area contributed by atoms with Crippen molar-refractivity contribution in [1.82, 2.24) is 0 Å². The Kier molecular flexibility index (Phi) is 2.92. The standard InChI is InChI=1S/C14H10Cl2FN/c15-9-4-5-10(11(16)7-9)13-6-8-2-1-3-12(17)14(8)18-13/h1-5,7,13,18H,6H2. The molecule has 1 nitrogen and oxygen atoms in total. The molecule has 0 saturated heterocycles. The lowest BCUT2D eigenvalue weighted by molar-refractivity contribution is 0.630. The van der Waals surface area contributed by atoms with Crippen molar-refractivity contribution in [2.24, 2.45) is 0 Å². The third-order valence-corrected chi connectivity index (χ3v) is 3.74. The highest BCUT2D eigenvalue weighted by Gasteiger charge is 2.25. The number of rotatable bonds is 1. The van der Waals surface area contributed by atoms with Crippen molar-refractivity contribution in [3.8, 4) is 0 Å². The summed E-state index contributed by atoms with van der Waals surface area (Å²) in [4.78, 5) is 0. The van der Waals surface area contributed by atoms with Crippen molar-refractivity contribution in [3.05, 3.63) is 63.4 Å². The van der Waals surface area contributed by atoms with Gasteiger partial charge >= 0.3 is 0 Å². The first-order valence-corrected chi connectivity index (χ1v) is 6.39. The maximum Gasteiger partial charge on any atom is 0.146 e. The lowest BCUT2D eigenvalue weighted by atomic mass is 10.0. The number of hydrogen-bond acceptors (Lipinski definition) is 1. The minimum Gasteiger partial charge on any atom is -0.375 e. The topological polar surface area (TPSA) is 12.0 Å². The number of anilines is 1. The molecule has 18 heavy (non-hydrogen) atoms. The Balaban J connectivity index is 1.96. The Labute approximate surface area is 115 Å². The fourth-order valence-corrected chi connectivity index (χ4v) is 2.86. The predicted octanol–water partition coefficient (Wildman–Crippen LogP) is 4.84. The molecule has 0 aromatic heterocycles. The number of halogens is 3. The van der Waals surface area contributed by atoms with Crippen LogP contribution >= 0.6 is 23.2 Å². The highest BCUT2D eigenvalue weighted by atomic mass is 35.5. The molecule has 0 spiro atoms. The molecule has 92 valence electrons. The van der Waals surface area contributed by atoms with Crippen molar-refractivity contribution in [3.63, 3.8) is 0 Å². The predicted molar refractivity (Wildman–Crippen MR) is 72.9 cm³/mol. The summed E-state index contributed by atoms with van der Waals surface area (Å²) in [5.41, 5.74) is 2.50. The van der Waals surface area contributed by atoms with Gasteiger partial charge in [0.1, 0.15) is 5.82 Å². The van der Waals surface area contributed by atoms with E-state index in [1.165, 1.54) is 6.07 Å². The van der Waals surface area contributed by atoms with Crippen LogP contribution in [-0.4, -0.2) is 0 Å². The van der Waals surface area contributed by atoms with Crippen LogP contribution in [0.2, 0.25) is 10.0 Å². The maximum absolute atomic E-state index is 13.6. The number of nitrogens with one attached hydrogen (secondary N) is 1. The van der Waals surface area contributed by atoms with Gasteiger partial charge in [-0.05, 0) is 35.7 Å². The normalized spacial score (nSPS) is 17.4. The number of hydrogen-bond donors (Lipinski definition) is 1. The van der Waals surface area contributed by atoms with Crippen LogP contribution in [0, 0.1) is 5.82 Å². The molecular weight excluding hydrogens is 272 g/mol. The molecule has 0 bridgehead atoms. The molecule has 2 aromatic carbocycles. The van der Waals surface area contributed by atoms with Crippen molar-refractivity contribution in [1.29, 1.82) is 0 Å². The van der Waals surface area contributed by atoms with Crippen LogP contribution in [0.4, 0.5) is 10.1 Å². The first kappa shape index (κ1) is 11.8. The van der Waals surface area contributed by atoms with Gasteiger partial charge in [0.25, 0.3) is 0 Å². The minimum atomic E-state index is -0.222. The second-order valence-electron chi connectivity index (χ2n) is 4.34. The van der Waals surface area contributed by atoms with Gasteiger partial charge in [-0.3, -0.25) is 0 Å². The monoisotopic (exact) mass is 281 g/mol. The van der Waals surface area contributed by atoms with Gasteiger partial charge in [-0.1, -0.05) is 41.4 Å². The Bertz CT molecular complexity index is 613. The summed E-state index contributed by atoms with van der Waals surface area (Å²) in [6.07, 6.45) is 0.731. The van der Waals surface area contributed by atoms with Gasteiger partial charge in [0.15, 0.2) is 0 Å². The van der Waals surface area contributed by atoms with Crippen molar-refractivity contribution in [2.45, 2.75) is 12.5 Å². The fourth-order valence-electron chi connectivity index (χ4n) is 2.32. The van der Waals surface area contributed by atoms with Gasteiger partial charge in [0.05, 0.1) is 11.7 Å². The molecule has 1 unspecified atom stereocenters. The van der Waals surface area contributed by atoms with E-state index in [4.69, 9.17) is 23.2 Å². The second-order valence-corrected chi connectivity index (χ2v) is 5.18. The van der Waals surface area contributed by atoms with Crippen LogP contribution in [0.15, 0.2) is 36.4 Å². The van der Waals surface area contributed by atoms with Crippen molar-refractivity contribution >= 4 is 28.9 Å². The molecule has 4 heteroatoms. The van der Waals surface area contributed by atoms with Crippen LogP contribution in [0.3, 0.4) is 0 Å². The van der Waals surface area contributed by atoms with Gasteiger partial charge < -0.3 is 5.32 Å². The lowest BCUT2D eigenvalue weighted by Gasteiger charge is -2.13. The van der Waals surface area contributed by atoms with E-state index in [0.717, 1.165) is 17.5 Å². The zero-order valence-corrected chi connectivity index (χ0v) is 10.9. The van der Waals surface area contributed by atoms with E-state index >= 15 is 0 Å². The molecule has 0 aliphatic carbocycles. The Morgan fingerprint density at radius 2 is 2.00 bits per heavy atom. The molecule has 1 aliphatic heterocycles. The summed E-state index contributed by atoms with van der Waals surface area (Å²) in [6.45, 7) is 0. The van der Waals surface area contributed by atoms with E-state index in [0.29, 0.717) is 15.7 Å². The third-order valence-electron chi connectivity index (χ3n) is 3.18. The van der Waals surface area contributed by atoms with E-state index in [1.54, 1.807) is 18.2 Å². The minimum absolute atomic E-state index is 0.00154. The van der Waals surface area contributed by atoms with Crippen LogP contribution < -0.4 is 5.32 Å². The van der Waals surface area contributed by atoms with E-state index in [2.05, 4.69) is 5.32 Å². The quantitative estimate of drug-likeness (QED) is 0.789. The zero-order chi connectivity index (χ0) is 12.7. The molecule has 0 amide bonds. The highest BCUT2D eigenvalue weighted by Crippen LogP contribution is 2.38. The number of fused-ring (bicyclic) bond motifs is 1. The van der Waals surface area contributed by atoms with Gasteiger partial charge in [-0.25, -0.2) is 4.39 Å². The fraction of sp³-hybridized carbons (Fsp3) is 0.143. The average Bonchev–Trinajstić information content (AvgIpc) is 2.74. The van der Waals surface area contributed by atoms with Gasteiger partial charge in [-0.15, -0.1) is 0 Å². The largest absolute Gasteiger partial charge is 0.375 e. The van der Waals surface area contributed by atoms with E-state index < -0.39 is 0 Å². The summed E-state index contributed by atoms with van der Waals surface area (Å²) in [6, 6.07) is 10.5. The summed E-state index contributed by atoms with van der Waals surface area (Å²) in [5, 5.41) is 4.38. The smallest absolute Gasteiger partial charge is 0.146 e. The zero-order valence-electron chi connectivity index (χ0n) is 9.38. The SMILES string of the molecule is Fc1cccc2c1NC(c1ccc(Cl)cc1Cl)C2. The molecule has 0 radical (unpaired) electrons. The Hall–Kier alpha value is -1.25. The highest BCUT2D eigenvalue weighted by molar-refractivity contribution is 6.35. The first-order chi connectivity index (χ1) is 8.65. The van der Waals surface area contributed by atoms with Gasteiger partial charge in [0.2, 0.25) is 0 Å². The molecule has 2 aromatic rings. The van der Waals surface area contributed by atoms with Crippen LogP contribution in [0.5, 0.6) is 0 Å². The van der Waals surface area contributed by atoms with Crippen LogP contribution in [0.1, 0.15) is 17.2 Å². The van der Waals surface area contributed by atoms with Crippen molar-refractivity contribution < 1.29 is 4.39 Å². The average molecular weight is 282 g/mol. The molecular formula is C14H10Cl2FN. The molecule has 1 heterocycles. The Morgan fingerprint density at radius 1 is 1.17 bits per heavy atom. The molecule has 1 N–H and O–H groups in total. The molecule has 3 rings (SSSR count). The van der Waals surface area contributed by atoms with Crippen molar-refractivity contribution in [2.75, 3.05) is 5.32 Å². The molecule has 1 aliphatic rings. The first-order valence-electron chi connectivity index (χ1n) is 5.64. The molecule has 1 atom stereocenters.